The van der Waals surface area contributed by atoms with Crippen molar-refractivity contribution in [3.8, 4) is 5.75 Å². The lowest BCUT2D eigenvalue weighted by atomic mass is 10.2. The van der Waals surface area contributed by atoms with Crippen LogP contribution in [0.3, 0.4) is 0 Å². The van der Waals surface area contributed by atoms with Crippen molar-refractivity contribution in [2.45, 2.75) is 33.2 Å². The van der Waals surface area contributed by atoms with E-state index in [0.717, 1.165) is 39.9 Å². The maximum absolute atomic E-state index is 12.9. The zero-order valence-corrected chi connectivity index (χ0v) is 16.3. The smallest absolute Gasteiger partial charge is 0.266 e. The lowest BCUT2D eigenvalue weighted by Crippen LogP contribution is -2.41. The summed E-state index contributed by atoms with van der Waals surface area (Å²) in [4.78, 5) is 19.4. The van der Waals surface area contributed by atoms with E-state index in [4.69, 9.17) is 9.73 Å². The fourth-order valence-corrected chi connectivity index (χ4v) is 4.19. The van der Waals surface area contributed by atoms with Crippen LogP contribution in [0.25, 0.3) is 0 Å². The van der Waals surface area contributed by atoms with E-state index in [1.54, 1.807) is 11.8 Å². The van der Waals surface area contributed by atoms with Crippen molar-refractivity contribution < 1.29 is 9.53 Å². The second-order valence-corrected chi connectivity index (χ2v) is 7.41. The first-order chi connectivity index (χ1) is 12.6. The van der Waals surface area contributed by atoms with Gasteiger partial charge in [0.2, 0.25) is 0 Å². The van der Waals surface area contributed by atoms with Gasteiger partial charge in [0.25, 0.3) is 5.91 Å². The Morgan fingerprint density at radius 3 is 2.77 bits per heavy atom. The number of hydrogen-bond acceptors (Lipinski definition) is 4. The van der Waals surface area contributed by atoms with E-state index in [1.165, 1.54) is 0 Å². The number of rotatable bonds is 5. The summed E-state index contributed by atoms with van der Waals surface area (Å²) in [5.41, 5.74) is 3.06. The Balaban J connectivity index is 1.77. The zero-order chi connectivity index (χ0) is 18.5. The summed E-state index contributed by atoms with van der Waals surface area (Å²) < 4.78 is 5.77. The number of benzene rings is 2. The number of ether oxygens (including phenoxy) is 1. The molecule has 0 saturated carbocycles. The molecule has 0 N–H and O–H groups in total. The Morgan fingerprint density at radius 1 is 1.23 bits per heavy atom. The van der Waals surface area contributed by atoms with Crippen LogP contribution in [0.1, 0.15) is 24.5 Å². The first-order valence-corrected chi connectivity index (χ1v) is 9.85. The van der Waals surface area contributed by atoms with Crippen molar-refractivity contribution in [2.24, 2.45) is 4.99 Å². The van der Waals surface area contributed by atoms with Crippen LogP contribution < -0.4 is 4.74 Å². The van der Waals surface area contributed by atoms with Crippen molar-refractivity contribution >= 4 is 28.5 Å². The molecule has 1 heterocycles. The number of amidine groups is 1. The van der Waals surface area contributed by atoms with Crippen molar-refractivity contribution in [3.63, 3.8) is 0 Å². The molecule has 0 unspecified atom stereocenters. The van der Waals surface area contributed by atoms with Crippen molar-refractivity contribution in [2.75, 3.05) is 12.4 Å². The summed E-state index contributed by atoms with van der Waals surface area (Å²) >= 11 is 1.64. The Morgan fingerprint density at radius 2 is 2.04 bits per heavy atom. The van der Waals surface area contributed by atoms with E-state index >= 15 is 0 Å². The second kappa shape index (κ2) is 8.41. The highest BCUT2D eigenvalue weighted by molar-refractivity contribution is 8.14. The largest absolute Gasteiger partial charge is 0.483 e. The van der Waals surface area contributed by atoms with Gasteiger partial charge in [-0.05, 0) is 49.6 Å². The summed E-state index contributed by atoms with van der Waals surface area (Å²) in [7, 11) is 0. The van der Waals surface area contributed by atoms with Gasteiger partial charge in [0.05, 0.1) is 5.69 Å². The van der Waals surface area contributed by atoms with Gasteiger partial charge in [-0.15, -0.1) is 0 Å². The molecule has 5 heteroatoms. The van der Waals surface area contributed by atoms with E-state index in [0.29, 0.717) is 0 Å². The van der Waals surface area contributed by atoms with Crippen LogP contribution in [-0.2, 0) is 4.79 Å². The quantitative estimate of drug-likeness (QED) is 0.766. The van der Waals surface area contributed by atoms with E-state index in [9.17, 15) is 4.79 Å². The molecule has 4 nitrogen and oxygen atoms in total. The molecule has 2 aromatic rings. The normalized spacial score (nSPS) is 18.3. The minimum absolute atomic E-state index is 0.0226. The van der Waals surface area contributed by atoms with Gasteiger partial charge in [-0.1, -0.05) is 49.0 Å². The van der Waals surface area contributed by atoms with Gasteiger partial charge < -0.3 is 4.74 Å². The van der Waals surface area contributed by atoms with Crippen LogP contribution in [0.4, 0.5) is 5.69 Å². The molecule has 0 aromatic heterocycles. The molecule has 3 rings (SSSR count). The van der Waals surface area contributed by atoms with E-state index < -0.39 is 0 Å². The summed E-state index contributed by atoms with van der Waals surface area (Å²) in [6.45, 7) is 6.14. The number of carbonyl (C=O) groups is 1. The van der Waals surface area contributed by atoms with Gasteiger partial charge in [-0.25, -0.2) is 4.99 Å². The van der Waals surface area contributed by atoms with Crippen LogP contribution in [0.15, 0.2) is 53.5 Å². The molecule has 0 bridgehead atoms. The predicted molar refractivity (Wildman–Crippen MR) is 108 cm³/mol. The van der Waals surface area contributed by atoms with Crippen LogP contribution in [0.2, 0.25) is 0 Å². The molecule has 2 aromatic carbocycles. The Kier molecular flexibility index (Phi) is 5.99. The van der Waals surface area contributed by atoms with Crippen LogP contribution in [-0.4, -0.2) is 34.4 Å². The molecular formula is C21H24N2O2S. The molecule has 0 radical (unpaired) electrons. The number of nitrogens with zero attached hydrogens (tertiary/aromatic N) is 2. The third-order valence-electron chi connectivity index (χ3n) is 4.39. The number of amides is 1. The summed E-state index contributed by atoms with van der Waals surface area (Å²) in [6, 6.07) is 15.9. The minimum Gasteiger partial charge on any atom is -0.483 e. The number of thioether (sulfide) groups is 1. The fraction of sp³-hybridized carbons (Fsp3) is 0.333. The molecule has 0 spiro atoms. The molecule has 0 aliphatic carbocycles. The molecule has 26 heavy (non-hydrogen) atoms. The number of para-hydroxylation sites is 1. The average molecular weight is 369 g/mol. The van der Waals surface area contributed by atoms with Gasteiger partial charge in [0.15, 0.2) is 11.8 Å². The zero-order valence-electron chi connectivity index (χ0n) is 15.4. The van der Waals surface area contributed by atoms with Crippen molar-refractivity contribution in [1.82, 2.24) is 4.90 Å². The predicted octanol–water partition coefficient (Wildman–Crippen LogP) is 4.72. The van der Waals surface area contributed by atoms with E-state index in [1.807, 2.05) is 67.3 Å². The Bertz CT molecular complexity index is 819. The van der Waals surface area contributed by atoms with Crippen LogP contribution in [0, 0.1) is 13.8 Å². The summed E-state index contributed by atoms with van der Waals surface area (Å²) in [6.07, 6.45) is 0.899. The van der Waals surface area contributed by atoms with Gasteiger partial charge in [0, 0.05) is 11.8 Å². The van der Waals surface area contributed by atoms with E-state index in [2.05, 4.69) is 6.92 Å². The summed E-state index contributed by atoms with van der Waals surface area (Å²) in [5, 5.41) is 0.765. The lowest BCUT2D eigenvalue weighted by Gasteiger charge is -2.23. The third kappa shape index (κ3) is 4.28. The average Bonchev–Trinajstić information content (AvgIpc) is 3.03. The first-order valence-electron chi connectivity index (χ1n) is 8.87. The van der Waals surface area contributed by atoms with Crippen molar-refractivity contribution in [1.29, 1.82) is 0 Å². The highest BCUT2D eigenvalue weighted by atomic mass is 32.2. The first kappa shape index (κ1) is 18.5. The lowest BCUT2D eigenvalue weighted by molar-refractivity contribution is -0.130. The summed E-state index contributed by atoms with van der Waals surface area (Å²) in [5.74, 6) is 1.58. The fourth-order valence-electron chi connectivity index (χ4n) is 2.90. The maximum Gasteiger partial charge on any atom is 0.266 e. The van der Waals surface area contributed by atoms with Crippen LogP contribution >= 0.6 is 11.8 Å². The molecule has 1 aliphatic heterocycles. The number of aryl methyl sites for hydroxylation is 2. The number of aliphatic imine (C=N–C) groups is 1. The Labute approximate surface area is 159 Å². The maximum atomic E-state index is 12.9. The van der Waals surface area contributed by atoms with E-state index in [-0.39, 0.29) is 18.6 Å². The topological polar surface area (TPSA) is 41.9 Å². The molecule has 1 aliphatic rings. The molecule has 1 amide bonds. The van der Waals surface area contributed by atoms with Gasteiger partial charge >= 0.3 is 0 Å². The van der Waals surface area contributed by atoms with Crippen LogP contribution in [0.5, 0.6) is 5.75 Å². The Hall–Kier alpha value is -2.27. The van der Waals surface area contributed by atoms with Crippen molar-refractivity contribution in [3.05, 3.63) is 59.7 Å². The standard InChI is InChI=1S/C21H24N2O2S/c1-4-18-14-26-21(22-17-10-7-8-15(2)12-17)23(18)20(24)13-25-19-11-6-5-9-16(19)3/h5-12,18H,4,13-14H2,1-3H3/t18-/m1/s1. The number of carbonyl (C=O) groups excluding carboxylic acids is 1. The van der Waals surface area contributed by atoms with Gasteiger partial charge in [-0.2, -0.15) is 0 Å². The third-order valence-corrected chi connectivity index (χ3v) is 5.48. The second-order valence-electron chi connectivity index (χ2n) is 6.42. The highest BCUT2D eigenvalue weighted by Gasteiger charge is 2.34. The highest BCUT2D eigenvalue weighted by Crippen LogP contribution is 2.29. The minimum atomic E-state index is -0.0449. The number of hydrogen-bond donors (Lipinski definition) is 0. The van der Waals surface area contributed by atoms with Gasteiger partial charge in [0.1, 0.15) is 5.75 Å². The monoisotopic (exact) mass is 368 g/mol. The molecule has 136 valence electrons. The molecule has 1 saturated heterocycles. The SMILES string of the molecule is CC[C@@H]1CSC(=Nc2cccc(C)c2)N1C(=O)COc1ccccc1C. The molecule has 1 fully saturated rings. The van der Waals surface area contributed by atoms with Gasteiger partial charge in [-0.3, -0.25) is 9.69 Å². The molecular weight excluding hydrogens is 344 g/mol. The molecule has 1 atom stereocenters.